The normalized spacial score (nSPS) is 18.1. The second-order valence-electron chi connectivity index (χ2n) is 7.77. The summed E-state index contributed by atoms with van der Waals surface area (Å²) in [5.74, 6) is 0.896. The highest BCUT2D eigenvalue weighted by Gasteiger charge is 2.28. The summed E-state index contributed by atoms with van der Waals surface area (Å²) < 4.78 is 9.27. The Morgan fingerprint density at radius 2 is 2.12 bits per heavy atom. The molecule has 11 heteroatoms. The van der Waals surface area contributed by atoms with Gasteiger partial charge in [-0.15, -0.1) is 5.10 Å². The van der Waals surface area contributed by atoms with Crippen LogP contribution in [0, 0.1) is 5.92 Å². The summed E-state index contributed by atoms with van der Waals surface area (Å²) in [4.78, 5) is 20.3. The van der Waals surface area contributed by atoms with E-state index in [-0.39, 0.29) is 17.9 Å². The first-order valence-corrected chi connectivity index (χ1v) is 10.5. The second kappa shape index (κ2) is 8.61. The number of anilines is 1. The van der Waals surface area contributed by atoms with Crippen molar-refractivity contribution >= 4 is 23.0 Å². The highest BCUT2D eigenvalue weighted by Crippen LogP contribution is 2.27. The zero-order valence-electron chi connectivity index (χ0n) is 17.3. The van der Waals surface area contributed by atoms with Gasteiger partial charge in [-0.2, -0.15) is 14.8 Å². The van der Waals surface area contributed by atoms with Gasteiger partial charge in [0.1, 0.15) is 12.4 Å². The molecule has 164 valence electrons. The molecule has 3 heterocycles. The third-order valence-electron chi connectivity index (χ3n) is 5.59. The fraction of sp³-hybridized carbons (Fsp3) is 0.333. The number of aromatic nitrogens is 7. The van der Waals surface area contributed by atoms with Crippen LogP contribution < -0.4 is 15.8 Å². The van der Waals surface area contributed by atoms with E-state index < -0.39 is 0 Å². The maximum absolute atomic E-state index is 11.4. The number of rotatable bonds is 8. The van der Waals surface area contributed by atoms with Crippen molar-refractivity contribution in [3.8, 4) is 11.4 Å². The fourth-order valence-corrected chi connectivity index (χ4v) is 3.90. The summed E-state index contributed by atoms with van der Waals surface area (Å²) in [7, 11) is 0. The first kappa shape index (κ1) is 19.9. The van der Waals surface area contributed by atoms with Crippen LogP contribution in [0.5, 0.6) is 5.75 Å². The number of carbonyl (C=O) groups excluding carboxylic acids is 1. The molecule has 0 unspecified atom stereocenters. The third kappa shape index (κ3) is 4.22. The van der Waals surface area contributed by atoms with Crippen molar-refractivity contribution in [3.63, 3.8) is 0 Å². The van der Waals surface area contributed by atoms with E-state index in [0.29, 0.717) is 36.7 Å². The minimum atomic E-state index is -0.248. The van der Waals surface area contributed by atoms with Crippen LogP contribution >= 0.6 is 0 Å². The minimum Gasteiger partial charge on any atom is -0.492 e. The molecule has 4 aromatic rings. The Kier molecular flexibility index (Phi) is 5.36. The van der Waals surface area contributed by atoms with Crippen molar-refractivity contribution in [1.82, 2.24) is 34.7 Å². The minimum absolute atomic E-state index is 0.0938. The van der Waals surface area contributed by atoms with Crippen LogP contribution in [-0.4, -0.2) is 53.3 Å². The number of nitrogens with zero attached hydrogens (tertiary/aromatic N) is 7. The Balaban J connectivity index is 1.27. The van der Waals surface area contributed by atoms with Crippen LogP contribution in [0.3, 0.4) is 0 Å². The number of benzene rings is 1. The van der Waals surface area contributed by atoms with Crippen molar-refractivity contribution in [2.24, 2.45) is 11.7 Å². The molecule has 2 atom stereocenters. The molecular weight excluding hydrogens is 410 g/mol. The zero-order chi connectivity index (χ0) is 21.9. The first-order valence-electron chi connectivity index (χ1n) is 10.5. The molecule has 1 fully saturated rings. The average Bonchev–Trinajstić information content (AvgIpc) is 3.55. The number of ether oxygens (including phenoxy) is 1. The molecule has 0 spiro atoms. The monoisotopic (exact) mass is 433 g/mol. The lowest BCUT2D eigenvalue weighted by Gasteiger charge is -2.12. The maximum atomic E-state index is 11.4. The van der Waals surface area contributed by atoms with Crippen molar-refractivity contribution < 1.29 is 9.53 Å². The lowest BCUT2D eigenvalue weighted by atomic mass is 10.1. The number of primary amides is 1. The lowest BCUT2D eigenvalue weighted by molar-refractivity contribution is -0.121. The van der Waals surface area contributed by atoms with Gasteiger partial charge in [-0.1, -0.05) is 5.21 Å². The Morgan fingerprint density at radius 1 is 1.25 bits per heavy atom. The largest absolute Gasteiger partial charge is 0.492 e. The fourth-order valence-electron chi connectivity index (χ4n) is 3.90. The smallest absolute Gasteiger partial charge is 0.225 e. The van der Waals surface area contributed by atoms with Crippen molar-refractivity contribution in [1.29, 1.82) is 0 Å². The van der Waals surface area contributed by atoms with E-state index >= 15 is 0 Å². The summed E-state index contributed by atoms with van der Waals surface area (Å²) in [5.41, 5.74) is 7.43. The molecule has 1 saturated carbocycles. The van der Waals surface area contributed by atoms with E-state index in [1.54, 1.807) is 17.1 Å². The number of nitrogens with one attached hydrogen (secondary N) is 1. The molecule has 0 bridgehead atoms. The van der Waals surface area contributed by atoms with Crippen LogP contribution in [0.1, 0.15) is 19.3 Å². The van der Waals surface area contributed by atoms with E-state index in [0.717, 1.165) is 24.3 Å². The molecule has 1 amide bonds. The standard InChI is InChI=1S/C21H23N9O2/c22-19(31)14-2-3-15(12-14)25-21-23-13-18-20(26-21)30(28-27-18)16-4-6-17(7-5-16)32-11-10-29-9-1-8-24-29/h1,4-9,13-15H,2-3,10-12H2,(H2,22,31)(H,23,25,26)/t14-,15-/m1/s1. The number of hydrogen-bond donors (Lipinski definition) is 2. The van der Waals surface area contributed by atoms with Crippen LogP contribution in [0.4, 0.5) is 5.95 Å². The first-order chi connectivity index (χ1) is 15.7. The van der Waals surface area contributed by atoms with Gasteiger partial charge < -0.3 is 15.8 Å². The van der Waals surface area contributed by atoms with Gasteiger partial charge in [0.05, 0.1) is 18.4 Å². The Hall–Kier alpha value is -4.02. The van der Waals surface area contributed by atoms with Crippen LogP contribution in [0.25, 0.3) is 16.9 Å². The molecule has 0 aliphatic heterocycles. The van der Waals surface area contributed by atoms with Gasteiger partial charge >= 0.3 is 0 Å². The van der Waals surface area contributed by atoms with Gasteiger partial charge in [0.15, 0.2) is 11.2 Å². The molecule has 5 rings (SSSR count). The SMILES string of the molecule is NC(=O)[C@@H]1CC[C@@H](Nc2ncc3nnn(-c4ccc(OCCn5cccn5)cc4)c3n2)C1. The summed E-state index contributed by atoms with van der Waals surface area (Å²) in [5, 5.41) is 15.8. The Labute approximate surface area is 183 Å². The molecule has 32 heavy (non-hydrogen) atoms. The predicted octanol–water partition coefficient (Wildman–Crippen LogP) is 1.55. The molecule has 3 N–H and O–H groups in total. The molecule has 1 aromatic carbocycles. The summed E-state index contributed by atoms with van der Waals surface area (Å²) >= 11 is 0. The van der Waals surface area contributed by atoms with Gasteiger partial charge in [0.2, 0.25) is 11.9 Å². The summed E-state index contributed by atoms with van der Waals surface area (Å²) in [6, 6.07) is 9.58. The molecule has 1 aliphatic rings. The molecular formula is C21H23N9O2. The summed E-state index contributed by atoms with van der Waals surface area (Å²) in [6.07, 6.45) is 7.61. The van der Waals surface area contributed by atoms with Gasteiger partial charge in [-0.25, -0.2) is 4.98 Å². The van der Waals surface area contributed by atoms with E-state index in [1.165, 1.54) is 0 Å². The van der Waals surface area contributed by atoms with E-state index in [4.69, 9.17) is 10.5 Å². The zero-order valence-corrected chi connectivity index (χ0v) is 17.3. The van der Waals surface area contributed by atoms with Crippen molar-refractivity contribution in [3.05, 3.63) is 48.9 Å². The number of amides is 1. The second-order valence-corrected chi connectivity index (χ2v) is 7.77. The average molecular weight is 433 g/mol. The maximum Gasteiger partial charge on any atom is 0.225 e. The molecule has 0 saturated heterocycles. The molecule has 0 radical (unpaired) electrons. The van der Waals surface area contributed by atoms with Gasteiger partial charge in [-0.3, -0.25) is 9.48 Å². The van der Waals surface area contributed by atoms with E-state index in [9.17, 15) is 4.79 Å². The summed E-state index contributed by atoms with van der Waals surface area (Å²) in [6.45, 7) is 1.20. The number of hydrogen-bond acceptors (Lipinski definition) is 8. The number of nitrogens with two attached hydrogens (primary N) is 1. The highest BCUT2D eigenvalue weighted by atomic mass is 16.5. The third-order valence-corrected chi connectivity index (χ3v) is 5.59. The van der Waals surface area contributed by atoms with Crippen LogP contribution in [-0.2, 0) is 11.3 Å². The molecule has 3 aromatic heterocycles. The lowest BCUT2D eigenvalue weighted by Crippen LogP contribution is -2.23. The molecule has 11 nitrogen and oxygen atoms in total. The van der Waals surface area contributed by atoms with Crippen molar-refractivity contribution in [2.75, 3.05) is 11.9 Å². The van der Waals surface area contributed by atoms with Gasteiger partial charge in [-0.05, 0) is 49.6 Å². The Bertz CT molecular complexity index is 1200. The van der Waals surface area contributed by atoms with Crippen molar-refractivity contribution in [2.45, 2.75) is 31.8 Å². The molecule has 1 aliphatic carbocycles. The van der Waals surface area contributed by atoms with Crippen LogP contribution in [0.15, 0.2) is 48.9 Å². The predicted molar refractivity (Wildman–Crippen MR) is 116 cm³/mol. The Morgan fingerprint density at radius 3 is 2.88 bits per heavy atom. The van der Waals surface area contributed by atoms with Crippen LogP contribution in [0.2, 0.25) is 0 Å². The van der Waals surface area contributed by atoms with Gasteiger partial charge in [0, 0.05) is 24.4 Å². The quantitative estimate of drug-likeness (QED) is 0.427. The van der Waals surface area contributed by atoms with Gasteiger partial charge in [0.25, 0.3) is 0 Å². The number of carbonyl (C=O) groups is 1. The van der Waals surface area contributed by atoms with E-state index in [1.807, 2.05) is 41.2 Å². The highest BCUT2D eigenvalue weighted by molar-refractivity contribution is 5.77. The number of fused-ring (bicyclic) bond motifs is 1. The van der Waals surface area contributed by atoms with E-state index in [2.05, 4.69) is 30.7 Å². The topological polar surface area (TPSA) is 139 Å².